The Morgan fingerprint density at radius 1 is 1.02 bits per heavy atom. The van der Waals surface area contributed by atoms with Gasteiger partial charge in [0.05, 0.1) is 42.9 Å². The summed E-state index contributed by atoms with van der Waals surface area (Å²) in [6.07, 6.45) is -1.02. The Labute approximate surface area is 253 Å². The van der Waals surface area contributed by atoms with Crippen LogP contribution in [0.2, 0.25) is 0 Å². The number of rotatable bonds is 14. The lowest BCUT2D eigenvalue weighted by atomic mass is 9.87. The van der Waals surface area contributed by atoms with E-state index >= 15 is 0 Å². The summed E-state index contributed by atoms with van der Waals surface area (Å²) in [6, 6.07) is 17.6. The predicted octanol–water partition coefficient (Wildman–Crippen LogP) is 3.69. The lowest BCUT2D eigenvalue weighted by molar-refractivity contribution is -0.218. The number of hydrogen-bond acceptors (Lipinski definition) is 9. The van der Waals surface area contributed by atoms with Crippen LogP contribution in [-0.4, -0.2) is 83.9 Å². The fourth-order valence-corrected chi connectivity index (χ4v) is 5.64. The zero-order valence-corrected chi connectivity index (χ0v) is 25.0. The quantitative estimate of drug-likeness (QED) is 0.295. The molecular weight excluding hydrogens is 610 g/mol. The molecule has 0 aliphatic carbocycles. The molecule has 0 bridgehead atoms. The number of carbonyl (C=O) groups is 3. The Morgan fingerprint density at radius 2 is 1.67 bits per heavy atom. The van der Waals surface area contributed by atoms with Crippen LogP contribution in [0.15, 0.2) is 71.2 Å². The van der Waals surface area contributed by atoms with E-state index in [0.29, 0.717) is 19.6 Å². The summed E-state index contributed by atoms with van der Waals surface area (Å²) in [6.45, 7) is 2.83. The van der Waals surface area contributed by atoms with Gasteiger partial charge in [0.15, 0.2) is 11.6 Å². The number of carbonyl (C=O) groups excluding carboxylic acids is 3. The molecule has 2 heterocycles. The van der Waals surface area contributed by atoms with Crippen LogP contribution in [0.25, 0.3) is 0 Å². The van der Waals surface area contributed by atoms with Crippen molar-refractivity contribution in [2.45, 2.75) is 50.2 Å². The molecule has 2 aliphatic rings. The SMILES string of the molecule is C[C@H]1[C@@H](c2ccccc2)OC(=O)N1C(=O)[C@H](Cc1ccccc1)[C@@H]1O[C@](O)(CCCOCCOCCO)C(Br)=CC1=O. The maximum Gasteiger partial charge on any atom is 0.417 e. The highest BCUT2D eigenvalue weighted by atomic mass is 79.9. The minimum absolute atomic E-state index is 0.0656. The molecule has 226 valence electrons. The summed E-state index contributed by atoms with van der Waals surface area (Å²) >= 11 is 3.27. The van der Waals surface area contributed by atoms with Gasteiger partial charge >= 0.3 is 6.09 Å². The molecule has 1 fully saturated rings. The van der Waals surface area contributed by atoms with Gasteiger partial charge in [0.1, 0.15) is 12.2 Å². The number of aliphatic hydroxyl groups is 2. The first-order valence-electron chi connectivity index (χ1n) is 14.0. The summed E-state index contributed by atoms with van der Waals surface area (Å²) in [5, 5.41) is 20.2. The first-order valence-corrected chi connectivity index (χ1v) is 14.7. The van der Waals surface area contributed by atoms with Crippen molar-refractivity contribution in [3.05, 3.63) is 82.3 Å². The van der Waals surface area contributed by atoms with E-state index in [9.17, 15) is 19.5 Å². The Hall–Kier alpha value is -2.93. The first-order chi connectivity index (χ1) is 20.2. The van der Waals surface area contributed by atoms with Gasteiger partial charge in [-0.15, -0.1) is 0 Å². The van der Waals surface area contributed by atoms with E-state index in [1.165, 1.54) is 6.08 Å². The Morgan fingerprint density at radius 3 is 2.33 bits per heavy atom. The molecule has 4 rings (SSSR count). The highest BCUT2D eigenvalue weighted by molar-refractivity contribution is 9.11. The minimum atomic E-state index is -1.88. The third-order valence-corrected chi connectivity index (χ3v) is 8.12. The molecule has 0 aromatic heterocycles. The topological polar surface area (TPSA) is 132 Å². The largest absolute Gasteiger partial charge is 0.439 e. The van der Waals surface area contributed by atoms with Crippen molar-refractivity contribution in [1.82, 2.24) is 4.90 Å². The van der Waals surface area contributed by atoms with Crippen LogP contribution in [0.1, 0.15) is 37.0 Å². The van der Waals surface area contributed by atoms with Gasteiger partial charge < -0.3 is 29.2 Å². The molecule has 11 heteroatoms. The van der Waals surface area contributed by atoms with Crippen LogP contribution in [0.3, 0.4) is 0 Å². The standard InChI is InChI=1S/C31H36BrNO9/c1-21-27(23-11-6-3-7-12-23)41-30(37)33(21)29(36)24(19-22-9-4-2-5-10-22)28-25(35)20-26(32)31(38,42-28)13-8-15-39-17-18-40-16-14-34/h2-7,9-12,20-21,24,27-28,34,38H,8,13-19H2,1H3/t21-,24+,27-,28-,31+/m0/s1. The molecule has 10 nitrogen and oxygen atoms in total. The minimum Gasteiger partial charge on any atom is -0.439 e. The van der Waals surface area contributed by atoms with E-state index in [0.717, 1.165) is 16.0 Å². The Balaban J connectivity index is 1.52. The number of nitrogens with zero attached hydrogens (tertiary/aromatic N) is 1. The number of halogens is 1. The maximum atomic E-state index is 14.1. The number of ether oxygens (including phenoxy) is 4. The molecule has 2 aromatic carbocycles. The van der Waals surface area contributed by atoms with E-state index in [1.54, 1.807) is 6.92 Å². The third-order valence-electron chi connectivity index (χ3n) is 7.27. The highest BCUT2D eigenvalue weighted by Gasteiger charge is 2.51. The van der Waals surface area contributed by atoms with Crippen LogP contribution in [0.4, 0.5) is 4.79 Å². The zero-order chi connectivity index (χ0) is 30.1. The van der Waals surface area contributed by atoms with E-state index in [1.807, 2.05) is 60.7 Å². The van der Waals surface area contributed by atoms with Crippen molar-refractivity contribution < 1.29 is 43.5 Å². The van der Waals surface area contributed by atoms with Gasteiger partial charge in [0.25, 0.3) is 0 Å². The molecule has 0 radical (unpaired) electrons. The number of aliphatic hydroxyl groups excluding tert-OH is 1. The molecule has 0 spiro atoms. The number of imide groups is 1. The average Bonchev–Trinajstić information content (AvgIpc) is 3.29. The molecule has 0 saturated carbocycles. The van der Waals surface area contributed by atoms with Crippen molar-refractivity contribution in [2.75, 3.05) is 33.0 Å². The molecular formula is C31H36BrNO9. The second-order valence-corrected chi connectivity index (χ2v) is 11.1. The van der Waals surface area contributed by atoms with E-state index < -0.39 is 47.7 Å². The number of benzene rings is 2. The number of amides is 2. The van der Waals surface area contributed by atoms with E-state index in [-0.39, 0.29) is 37.1 Å². The first kappa shape index (κ1) is 32.0. The normalized spacial score (nSPS) is 24.8. The van der Waals surface area contributed by atoms with Crippen LogP contribution in [0.5, 0.6) is 0 Å². The lowest BCUT2D eigenvalue weighted by Crippen LogP contribution is -2.53. The summed E-state index contributed by atoms with van der Waals surface area (Å²) in [7, 11) is 0. The molecule has 2 aliphatic heterocycles. The van der Waals surface area contributed by atoms with Crippen molar-refractivity contribution >= 4 is 33.7 Å². The summed E-state index contributed by atoms with van der Waals surface area (Å²) in [5.74, 6) is -4.12. The van der Waals surface area contributed by atoms with Gasteiger partial charge in [0, 0.05) is 13.0 Å². The summed E-state index contributed by atoms with van der Waals surface area (Å²) in [4.78, 5) is 41.5. The Kier molecular flexibility index (Phi) is 11.4. The van der Waals surface area contributed by atoms with Crippen molar-refractivity contribution in [2.24, 2.45) is 5.92 Å². The van der Waals surface area contributed by atoms with E-state index in [2.05, 4.69) is 15.9 Å². The Bertz CT molecular complexity index is 1240. The molecule has 1 saturated heterocycles. The second-order valence-electron chi connectivity index (χ2n) is 10.2. The predicted molar refractivity (Wildman–Crippen MR) is 155 cm³/mol. The van der Waals surface area contributed by atoms with Gasteiger partial charge in [-0.05, 0) is 52.9 Å². The van der Waals surface area contributed by atoms with Crippen LogP contribution >= 0.6 is 15.9 Å². The van der Waals surface area contributed by atoms with Crippen LogP contribution in [0, 0.1) is 5.92 Å². The number of ketones is 1. The average molecular weight is 647 g/mol. The highest BCUT2D eigenvalue weighted by Crippen LogP contribution is 2.39. The molecule has 2 N–H and O–H groups in total. The molecule has 42 heavy (non-hydrogen) atoms. The molecule has 2 aromatic rings. The summed E-state index contributed by atoms with van der Waals surface area (Å²) in [5.41, 5.74) is 1.52. The second kappa shape index (κ2) is 15.0. The zero-order valence-electron chi connectivity index (χ0n) is 23.4. The van der Waals surface area contributed by atoms with Crippen molar-refractivity contribution in [3.63, 3.8) is 0 Å². The van der Waals surface area contributed by atoms with Gasteiger partial charge in [-0.1, -0.05) is 60.7 Å². The monoisotopic (exact) mass is 645 g/mol. The van der Waals surface area contributed by atoms with Crippen molar-refractivity contribution in [3.8, 4) is 0 Å². The van der Waals surface area contributed by atoms with Gasteiger partial charge in [-0.25, -0.2) is 9.69 Å². The third kappa shape index (κ3) is 7.71. The summed E-state index contributed by atoms with van der Waals surface area (Å²) < 4.78 is 22.5. The molecule has 0 unspecified atom stereocenters. The lowest BCUT2D eigenvalue weighted by Gasteiger charge is -2.38. The molecule has 5 atom stereocenters. The van der Waals surface area contributed by atoms with Crippen molar-refractivity contribution in [1.29, 1.82) is 0 Å². The molecule has 2 amide bonds. The van der Waals surface area contributed by atoms with Crippen LogP contribution < -0.4 is 0 Å². The number of hydrogen-bond donors (Lipinski definition) is 2. The van der Waals surface area contributed by atoms with E-state index in [4.69, 9.17) is 24.1 Å². The fraction of sp³-hybridized carbons (Fsp3) is 0.452. The van der Waals surface area contributed by atoms with Gasteiger partial charge in [-0.3, -0.25) is 9.59 Å². The van der Waals surface area contributed by atoms with Gasteiger partial charge in [-0.2, -0.15) is 0 Å². The van der Waals surface area contributed by atoms with Crippen LogP contribution in [-0.2, 0) is 35.0 Å². The maximum absolute atomic E-state index is 14.1. The fourth-order valence-electron chi connectivity index (χ4n) is 5.12. The van der Waals surface area contributed by atoms with Gasteiger partial charge in [0.2, 0.25) is 5.91 Å². The number of cyclic esters (lactones) is 1. The smallest absolute Gasteiger partial charge is 0.417 e.